The average Bonchev–Trinajstić information content (AvgIpc) is 2.67. The molecule has 0 heterocycles. The lowest BCUT2D eigenvalue weighted by molar-refractivity contribution is -0.142. The first-order valence-electron chi connectivity index (χ1n) is 8.93. The predicted octanol–water partition coefficient (Wildman–Crippen LogP) is -1.70. The molecule has 0 aliphatic heterocycles. The van der Waals surface area contributed by atoms with Gasteiger partial charge in [-0.25, -0.2) is 4.79 Å². The number of aliphatic carboxylic acids is 1. The second-order valence-corrected chi connectivity index (χ2v) is 7.38. The number of carbonyl (C=O) groups is 4. The minimum Gasteiger partial charge on any atom is -0.480 e. The van der Waals surface area contributed by atoms with Crippen LogP contribution in [0.4, 0.5) is 0 Å². The molecule has 0 aliphatic rings. The molecule has 3 unspecified atom stereocenters. The highest BCUT2D eigenvalue weighted by Crippen LogP contribution is 2.04. The highest BCUT2D eigenvalue weighted by atomic mass is 32.2. The van der Waals surface area contributed by atoms with E-state index in [2.05, 4.69) is 28.6 Å². The summed E-state index contributed by atoms with van der Waals surface area (Å²) in [5.74, 6) is -2.28. The molecule has 0 aromatic rings. The molecule has 0 spiro atoms. The molecule has 8 N–H and O–H groups in total. The quantitative estimate of drug-likeness (QED) is 0.117. The topological polar surface area (TPSA) is 177 Å². The molecule has 0 fully saturated rings. The van der Waals surface area contributed by atoms with Crippen LogP contribution in [0.1, 0.15) is 25.7 Å². The molecule has 0 saturated carbocycles. The first kappa shape index (κ1) is 26.5. The van der Waals surface area contributed by atoms with Gasteiger partial charge >= 0.3 is 5.97 Å². The van der Waals surface area contributed by atoms with Gasteiger partial charge in [-0.3, -0.25) is 14.4 Å². The highest BCUT2D eigenvalue weighted by molar-refractivity contribution is 7.98. The fourth-order valence-corrected chi connectivity index (χ4v) is 2.98. The number of hydrogen-bond donors (Lipinski definition) is 7. The maximum Gasteiger partial charge on any atom is 0.326 e. The Bertz CT molecular complexity index is 524. The van der Waals surface area contributed by atoms with Crippen molar-refractivity contribution in [3.8, 4) is 0 Å². The van der Waals surface area contributed by atoms with E-state index in [0.29, 0.717) is 31.6 Å². The van der Waals surface area contributed by atoms with E-state index in [1.54, 1.807) is 0 Å². The lowest BCUT2D eigenvalue weighted by Gasteiger charge is -2.23. The van der Waals surface area contributed by atoms with Crippen LogP contribution in [0.25, 0.3) is 0 Å². The Labute approximate surface area is 174 Å². The van der Waals surface area contributed by atoms with E-state index < -0.39 is 41.8 Å². The Morgan fingerprint density at radius 2 is 1.57 bits per heavy atom. The molecule has 0 aliphatic carbocycles. The van der Waals surface area contributed by atoms with Crippen LogP contribution in [0.3, 0.4) is 0 Å². The Morgan fingerprint density at radius 1 is 0.964 bits per heavy atom. The Kier molecular flexibility index (Phi) is 14.6. The zero-order valence-electron chi connectivity index (χ0n) is 16.0. The predicted molar refractivity (Wildman–Crippen MR) is 112 cm³/mol. The first-order valence-corrected chi connectivity index (χ1v) is 11.0. The fraction of sp³-hybridized carbons (Fsp3) is 0.750. The molecule has 0 radical (unpaired) electrons. The van der Waals surface area contributed by atoms with Gasteiger partial charge in [0.05, 0.1) is 6.54 Å². The number of rotatable bonds is 15. The van der Waals surface area contributed by atoms with Gasteiger partial charge in [-0.15, -0.1) is 0 Å². The third-order valence-electron chi connectivity index (χ3n) is 3.82. The molecule has 3 amide bonds. The summed E-state index contributed by atoms with van der Waals surface area (Å²) in [5, 5.41) is 16.7. The summed E-state index contributed by atoms with van der Waals surface area (Å²) in [6.07, 6.45) is 3.64. The number of nitrogens with two attached hydrogens (primary N) is 2. The van der Waals surface area contributed by atoms with E-state index >= 15 is 0 Å². The molecule has 10 nitrogen and oxygen atoms in total. The third kappa shape index (κ3) is 10.7. The number of carboxylic acid groups (broad SMARTS) is 1. The van der Waals surface area contributed by atoms with Crippen LogP contribution < -0.4 is 27.4 Å². The maximum atomic E-state index is 12.5. The molecule has 0 rings (SSSR count). The average molecular weight is 438 g/mol. The van der Waals surface area contributed by atoms with Crippen LogP contribution in [0.5, 0.6) is 0 Å². The minimum atomic E-state index is -1.16. The number of nitrogens with one attached hydrogen (secondary N) is 3. The van der Waals surface area contributed by atoms with E-state index in [1.807, 2.05) is 6.26 Å². The summed E-state index contributed by atoms with van der Waals surface area (Å²) in [4.78, 5) is 47.7. The van der Waals surface area contributed by atoms with Crippen LogP contribution in [0, 0.1) is 0 Å². The summed E-state index contributed by atoms with van der Waals surface area (Å²) in [6, 6.07) is -2.97. The molecule has 0 saturated heterocycles. The van der Waals surface area contributed by atoms with Crippen molar-refractivity contribution in [2.24, 2.45) is 11.5 Å². The summed E-state index contributed by atoms with van der Waals surface area (Å²) >= 11 is 5.57. The smallest absolute Gasteiger partial charge is 0.326 e. The monoisotopic (exact) mass is 437 g/mol. The van der Waals surface area contributed by atoms with Gasteiger partial charge in [0.25, 0.3) is 0 Å². The van der Waals surface area contributed by atoms with Crippen molar-refractivity contribution >= 4 is 48.1 Å². The Balaban J connectivity index is 4.95. The third-order valence-corrected chi connectivity index (χ3v) is 4.83. The number of carboxylic acids is 1. The largest absolute Gasteiger partial charge is 0.480 e. The van der Waals surface area contributed by atoms with Crippen molar-refractivity contribution in [1.82, 2.24) is 16.0 Å². The normalized spacial score (nSPS) is 13.9. The lowest BCUT2D eigenvalue weighted by Crippen LogP contribution is -2.57. The van der Waals surface area contributed by atoms with Crippen LogP contribution in [-0.2, 0) is 19.2 Å². The van der Waals surface area contributed by atoms with Gasteiger partial charge in [-0.1, -0.05) is 0 Å². The number of unbranched alkanes of at least 4 members (excludes halogenated alkanes) is 1. The Hall–Kier alpha value is -1.50. The molecule has 0 aromatic carbocycles. The number of hydrogen-bond acceptors (Lipinski definition) is 8. The number of thioether (sulfide) groups is 1. The number of thiol groups is 1. The van der Waals surface area contributed by atoms with E-state index in [1.165, 1.54) is 11.8 Å². The zero-order chi connectivity index (χ0) is 21.5. The van der Waals surface area contributed by atoms with Gasteiger partial charge in [0.1, 0.15) is 18.1 Å². The molecule has 12 heteroatoms. The van der Waals surface area contributed by atoms with Crippen LogP contribution in [-0.4, -0.2) is 77.8 Å². The van der Waals surface area contributed by atoms with E-state index in [-0.39, 0.29) is 18.7 Å². The van der Waals surface area contributed by atoms with Gasteiger partial charge in [-0.05, 0) is 44.2 Å². The van der Waals surface area contributed by atoms with Crippen LogP contribution >= 0.6 is 24.4 Å². The summed E-state index contributed by atoms with van der Waals surface area (Å²) in [6.45, 7) is 0.171. The maximum absolute atomic E-state index is 12.5. The zero-order valence-corrected chi connectivity index (χ0v) is 17.7. The standard InChI is InChI=1S/C16H31N5O5S2/c1-28-7-5-10(19-13(22)8-18)14(23)21-12(9-27)15(24)20-11(16(25)26)4-2-3-6-17/h10-12,27H,2-9,17-18H2,1H3,(H,19,22)(H,20,24)(H,21,23)(H,25,26). The van der Waals surface area contributed by atoms with E-state index in [0.717, 1.165) is 0 Å². The second-order valence-electron chi connectivity index (χ2n) is 6.03. The van der Waals surface area contributed by atoms with Crippen molar-refractivity contribution in [3.63, 3.8) is 0 Å². The summed E-state index contributed by atoms with van der Waals surface area (Å²) in [5.41, 5.74) is 10.7. The molecule has 0 aromatic heterocycles. The van der Waals surface area contributed by atoms with Crippen molar-refractivity contribution < 1.29 is 24.3 Å². The van der Waals surface area contributed by atoms with Crippen molar-refractivity contribution in [1.29, 1.82) is 0 Å². The van der Waals surface area contributed by atoms with E-state index in [4.69, 9.17) is 11.5 Å². The van der Waals surface area contributed by atoms with Crippen molar-refractivity contribution in [3.05, 3.63) is 0 Å². The molecular formula is C16H31N5O5S2. The van der Waals surface area contributed by atoms with Crippen molar-refractivity contribution in [2.45, 2.75) is 43.8 Å². The van der Waals surface area contributed by atoms with Crippen LogP contribution in [0.15, 0.2) is 0 Å². The summed E-state index contributed by atoms with van der Waals surface area (Å²) in [7, 11) is 0. The minimum absolute atomic E-state index is 0.0349. The lowest BCUT2D eigenvalue weighted by atomic mass is 10.1. The highest BCUT2D eigenvalue weighted by Gasteiger charge is 2.28. The molecule has 0 bridgehead atoms. The van der Waals surface area contributed by atoms with Gasteiger partial charge < -0.3 is 32.5 Å². The fourth-order valence-electron chi connectivity index (χ4n) is 2.25. The van der Waals surface area contributed by atoms with Gasteiger partial charge in [0.2, 0.25) is 17.7 Å². The van der Waals surface area contributed by atoms with Crippen molar-refractivity contribution in [2.75, 3.05) is 30.9 Å². The molecule has 162 valence electrons. The SMILES string of the molecule is CSCCC(NC(=O)CN)C(=O)NC(CS)C(=O)NC(CCCCN)C(=O)O. The number of amides is 3. The molecule has 3 atom stereocenters. The Morgan fingerprint density at radius 3 is 2.07 bits per heavy atom. The number of carbonyl (C=O) groups excluding carboxylic acids is 3. The van der Waals surface area contributed by atoms with Crippen LogP contribution in [0.2, 0.25) is 0 Å². The molecule has 28 heavy (non-hydrogen) atoms. The molecular weight excluding hydrogens is 406 g/mol. The van der Waals surface area contributed by atoms with Gasteiger partial charge in [-0.2, -0.15) is 24.4 Å². The van der Waals surface area contributed by atoms with E-state index in [9.17, 15) is 24.3 Å². The summed E-state index contributed by atoms with van der Waals surface area (Å²) < 4.78 is 0. The first-order chi connectivity index (χ1) is 13.3. The van der Waals surface area contributed by atoms with Gasteiger partial charge in [0.15, 0.2) is 0 Å². The van der Waals surface area contributed by atoms with Gasteiger partial charge in [0, 0.05) is 5.75 Å². The second kappa shape index (κ2) is 15.4.